The Bertz CT molecular complexity index is 668. The Morgan fingerprint density at radius 1 is 1.17 bits per heavy atom. The highest BCUT2D eigenvalue weighted by Crippen LogP contribution is 2.21. The number of benzene rings is 1. The minimum Gasteiger partial charge on any atom is -0.378 e. The second-order valence-electron chi connectivity index (χ2n) is 5.96. The standard InChI is InChI=1S/C15H21N3O4S/c16-23(20,21)14-9-15(19)18(11-14)10-12-1-3-13(4-2-12)17-5-7-22-8-6-17/h1-4,14H,5-11H2,(H2,16,20,21). The van der Waals surface area contributed by atoms with Gasteiger partial charge >= 0.3 is 0 Å². The van der Waals surface area contributed by atoms with Crippen LogP contribution in [0.15, 0.2) is 24.3 Å². The molecule has 0 aromatic heterocycles. The Balaban J connectivity index is 1.63. The lowest BCUT2D eigenvalue weighted by atomic mass is 10.2. The van der Waals surface area contributed by atoms with E-state index in [1.165, 1.54) is 0 Å². The van der Waals surface area contributed by atoms with E-state index in [1.807, 2.05) is 24.3 Å². The first-order valence-electron chi connectivity index (χ1n) is 7.64. The molecule has 23 heavy (non-hydrogen) atoms. The Morgan fingerprint density at radius 2 is 1.83 bits per heavy atom. The van der Waals surface area contributed by atoms with E-state index >= 15 is 0 Å². The van der Waals surface area contributed by atoms with E-state index in [-0.39, 0.29) is 18.9 Å². The number of carbonyl (C=O) groups is 1. The molecule has 8 heteroatoms. The quantitative estimate of drug-likeness (QED) is 0.828. The highest BCUT2D eigenvalue weighted by atomic mass is 32.2. The third-order valence-corrected chi connectivity index (χ3v) is 5.57. The van der Waals surface area contributed by atoms with Crippen LogP contribution < -0.4 is 10.0 Å². The number of nitrogens with two attached hydrogens (primary N) is 1. The Hall–Kier alpha value is -1.64. The van der Waals surface area contributed by atoms with Gasteiger partial charge in [0.25, 0.3) is 0 Å². The predicted octanol–water partition coefficient (Wildman–Crippen LogP) is -0.0874. The molecule has 0 saturated carbocycles. The molecule has 2 heterocycles. The average molecular weight is 339 g/mol. The number of nitrogens with zero attached hydrogens (tertiary/aromatic N) is 2. The lowest BCUT2D eigenvalue weighted by molar-refractivity contribution is -0.128. The molecule has 0 bridgehead atoms. The van der Waals surface area contributed by atoms with E-state index in [9.17, 15) is 13.2 Å². The minimum absolute atomic E-state index is 0.0231. The zero-order valence-electron chi connectivity index (χ0n) is 12.8. The summed E-state index contributed by atoms with van der Waals surface area (Å²) in [6.07, 6.45) is -0.0231. The van der Waals surface area contributed by atoms with Gasteiger partial charge in [-0.2, -0.15) is 0 Å². The van der Waals surface area contributed by atoms with Gasteiger partial charge in [0.2, 0.25) is 15.9 Å². The zero-order chi connectivity index (χ0) is 16.4. The number of anilines is 1. The first-order valence-corrected chi connectivity index (χ1v) is 9.25. The zero-order valence-corrected chi connectivity index (χ0v) is 13.7. The van der Waals surface area contributed by atoms with Crippen molar-refractivity contribution in [2.45, 2.75) is 18.2 Å². The van der Waals surface area contributed by atoms with Gasteiger partial charge in [0.1, 0.15) is 5.25 Å². The van der Waals surface area contributed by atoms with Crippen LogP contribution in [0, 0.1) is 0 Å². The monoisotopic (exact) mass is 339 g/mol. The Kier molecular flexibility index (Phi) is 4.56. The van der Waals surface area contributed by atoms with Crippen molar-refractivity contribution in [1.82, 2.24) is 4.90 Å². The summed E-state index contributed by atoms with van der Waals surface area (Å²) in [7, 11) is -3.66. The first-order chi connectivity index (χ1) is 10.9. The molecule has 2 saturated heterocycles. The second-order valence-corrected chi connectivity index (χ2v) is 7.80. The van der Waals surface area contributed by atoms with E-state index in [0.29, 0.717) is 6.54 Å². The molecule has 0 aliphatic carbocycles. The maximum Gasteiger partial charge on any atom is 0.224 e. The number of primary sulfonamides is 1. The third kappa shape index (κ3) is 3.82. The third-order valence-electron chi connectivity index (χ3n) is 4.33. The summed E-state index contributed by atoms with van der Waals surface area (Å²) >= 11 is 0. The lowest BCUT2D eigenvalue weighted by Crippen LogP contribution is -2.36. The molecule has 2 aliphatic heterocycles. The molecule has 1 unspecified atom stereocenters. The normalized spacial score (nSPS) is 22.7. The fourth-order valence-corrected chi connectivity index (χ4v) is 3.73. The van der Waals surface area contributed by atoms with Crippen LogP contribution in [0.3, 0.4) is 0 Å². The second kappa shape index (κ2) is 6.46. The molecular formula is C15H21N3O4S. The number of morpholine rings is 1. The number of ether oxygens (including phenoxy) is 1. The van der Waals surface area contributed by atoms with Crippen LogP contribution in [0.5, 0.6) is 0 Å². The number of rotatable bonds is 4. The van der Waals surface area contributed by atoms with Crippen molar-refractivity contribution in [3.8, 4) is 0 Å². The van der Waals surface area contributed by atoms with Crippen LogP contribution in [-0.2, 0) is 26.1 Å². The SMILES string of the molecule is NS(=O)(=O)C1CC(=O)N(Cc2ccc(N3CCOCC3)cc2)C1. The van der Waals surface area contributed by atoms with Gasteiger partial charge < -0.3 is 14.5 Å². The van der Waals surface area contributed by atoms with E-state index in [1.54, 1.807) is 4.90 Å². The van der Waals surface area contributed by atoms with Gasteiger partial charge in [-0.15, -0.1) is 0 Å². The molecular weight excluding hydrogens is 318 g/mol. The van der Waals surface area contributed by atoms with Gasteiger partial charge in [-0.1, -0.05) is 12.1 Å². The molecule has 7 nitrogen and oxygen atoms in total. The van der Waals surface area contributed by atoms with Crippen LogP contribution >= 0.6 is 0 Å². The van der Waals surface area contributed by atoms with Crippen molar-refractivity contribution in [1.29, 1.82) is 0 Å². The molecule has 2 aliphatic rings. The van der Waals surface area contributed by atoms with Gasteiger partial charge in [0, 0.05) is 38.3 Å². The van der Waals surface area contributed by atoms with Gasteiger partial charge in [-0.3, -0.25) is 4.79 Å². The molecule has 1 atom stereocenters. The number of sulfonamides is 1. The Morgan fingerprint density at radius 3 is 2.39 bits per heavy atom. The minimum atomic E-state index is -3.66. The number of likely N-dealkylation sites (tertiary alicyclic amines) is 1. The molecule has 1 amide bonds. The van der Waals surface area contributed by atoms with Crippen LogP contribution in [0.1, 0.15) is 12.0 Å². The van der Waals surface area contributed by atoms with Crippen LogP contribution in [-0.4, -0.2) is 57.3 Å². The van der Waals surface area contributed by atoms with Crippen molar-refractivity contribution in [3.05, 3.63) is 29.8 Å². The molecule has 0 spiro atoms. The van der Waals surface area contributed by atoms with Gasteiger partial charge in [-0.05, 0) is 17.7 Å². The summed E-state index contributed by atoms with van der Waals surface area (Å²) in [5.74, 6) is -0.165. The van der Waals surface area contributed by atoms with Crippen LogP contribution in [0.4, 0.5) is 5.69 Å². The molecule has 2 N–H and O–H groups in total. The Labute approximate surface area is 136 Å². The van der Waals surface area contributed by atoms with Crippen molar-refractivity contribution in [2.24, 2.45) is 5.14 Å². The van der Waals surface area contributed by atoms with Crippen molar-refractivity contribution >= 4 is 21.6 Å². The fraction of sp³-hybridized carbons (Fsp3) is 0.533. The summed E-state index contributed by atoms with van der Waals surface area (Å²) < 4.78 is 28.1. The highest BCUT2D eigenvalue weighted by Gasteiger charge is 2.36. The van der Waals surface area contributed by atoms with E-state index < -0.39 is 15.3 Å². The summed E-state index contributed by atoms with van der Waals surface area (Å²) in [6.45, 7) is 3.80. The smallest absolute Gasteiger partial charge is 0.224 e. The number of amides is 1. The highest BCUT2D eigenvalue weighted by molar-refractivity contribution is 7.89. The maximum atomic E-state index is 11.9. The molecule has 1 aromatic carbocycles. The maximum absolute atomic E-state index is 11.9. The van der Waals surface area contributed by atoms with Crippen LogP contribution in [0.25, 0.3) is 0 Å². The molecule has 3 rings (SSSR count). The van der Waals surface area contributed by atoms with E-state index in [2.05, 4.69) is 4.90 Å². The summed E-state index contributed by atoms with van der Waals surface area (Å²) in [5.41, 5.74) is 2.11. The molecule has 0 radical (unpaired) electrons. The van der Waals surface area contributed by atoms with Crippen LogP contribution in [0.2, 0.25) is 0 Å². The molecule has 2 fully saturated rings. The first kappa shape index (κ1) is 16.2. The predicted molar refractivity (Wildman–Crippen MR) is 86.4 cm³/mol. The number of hydrogen-bond acceptors (Lipinski definition) is 5. The van der Waals surface area contributed by atoms with Gasteiger partial charge in [0.15, 0.2) is 0 Å². The van der Waals surface area contributed by atoms with Crippen molar-refractivity contribution in [2.75, 3.05) is 37.7 Å². The molecule has 1 aromatic rings. The van der Waals surface area contributed by atoms with Gasteiger partial charge in [-0.25, -0.2) is 13.6 Å². The largest absolute Gasteiger partial charge is 0.378 e. The number of carbonyl (C=O) groups excluding carboxylic acids is 1. The fourth-order valence-electron chi connectivity index (χ4n) is 2.96. The van der Waals surface area contributed by atoms with E-state index in [4.69, 9.17) is 9.88 Å². The topological polar surface area (TPSA) is 92.9 Å². The summed E-state index contributed by atoms with van der Waals surface area (Å²) in [6, 6.07) is 8.00. The lowest BCUT2D eigenvalue weighted by Gasteiger charge is -2.29. The number of hydrogen-bond donors (Lipinski definition) is 1. The summed E-state index contributed by atoms with van der Waals surface area (Å²) in [5, 5.41) is 4.35. The van der Waals surface area contributed by atoms with Gasteiger partial charge in [0.05, 0.1) is 13.2 Å². The average Bonchev–Trinajstić information content (AvgIpc) is 2.90. The van der Waals surface area contributed by atoms with Crippen molar-refractivity contribution < 1.29 is 17.9 Å². The van der Waals surface area contributed by atoms with E-state index in [0.717, 1.165) is 37.6 Å². The molecule has 126 valence electrons. The van der Waals surface area contributed by atoms with Crippen molar-refractivity contribution in [3.63, 3.8) is 0 Å². The summed E-state index contributed by atoms with van der Waals surface area (Å²) in [4.78, 5) is 15.7.